The van der Waals surface area contributed by atoms with Crippen LogP contribution in [0.4, 0.5) is 4.79 Å². The fraction of sp³-hybridized carbons (Fsp3) is 0.650. The summed E-state index contributed by atoms with van der Waals surface area (Å²) in [5.74, 6) is -1.77. The van der Waals surface area contributed by atoms with E-state index >= 15 is 0 Å². The monoisotopic (exact) mass is 762 g/mol. The highest BCUT2D eigenvalue weighted by atomic mass is 16.6. The minimum absolute atomic E-state index is 0.135. The number of ether oxygens (including phenoxy) is 3. The van der Waals surface area contributed by atoms with Crippen molar-refractivity contribution in [2.45, 2.75) is 116 Å². The van der Waals surface area contributed by atoms with Gasteiger partial charge in [0.2, 0.25) is 17.5 Å². The third-order valence-corrected chi connectivity index (χ3v) is 9.36. The molecule has 2 amide bonds. The summed E-state index contributed by atoms with van der Waals surface area (Å²) in [6.45, 7) is 8.32. The molecule has 6 atom stereocenters. The average molecular weight is 763 g/mol. The summed E-state index contributed by atoms with van der Waals surface area (Å²) in [6.07, 6.45) is 10.5. The Kier molecular flexibility index (Phi) is 24.0. The lowest BCUT2D eigenvalue weighted by molar-refractivity contribution is -0.116. The van der Waals surface area contributed by atoms with Gasteiger partial charge in [0.1, 0.15) is 6.10 Å². The van der Waals surface area contributed by atoms with Crippen molar-refractivity contribution in [3.63, 3.8) is 0 Å². The molecule has 1 rings (SSSR count). The van der Waals surface area contributed by atoms with Crippen molar-refractivity contribution in [2.75, 3.05) is 40.5 Å². The maximum Gasteiger partial charge on any atom is 0.405 e. The van der Waals surface area contributed by atoms with Crippen molar-refractivity contribution < 1.29 is 48.7 Å². The van der Waals surface area contributed by atoms with Crippen LogP contribution in [-0.4, -0.2) is 104 Å². The number of ketones is 2. The summed E-state index contributed by atoms with van der Waals surface area (Å²) in [6, 6.07) is 0. The number of amides is 2. The number of nitrogens with two attached hydrogens (primary N) is 2. The lowest BCUT2D eigenvalue weighted by atomic mass is 9.85. The maximum absolute atomic E-state index is 13.8. The van der Waals surface area contributed by atoms with Gasteiger partial charge in [0.15, 0.2) is 6.10 Å². The van der Waals surface area contributed by atoms with Gasteiger partial charge in [0, 0.05) is 63.7 Å². The molecule has 54 heavy (non-hydrogen) atoms. The number of carbonyl (C=O) groups excluding carboxylic acids is 4. The molecule has 0 saturated heterocycles. The van der Waals surface area contributed by atoms with Crippen LogP contribution in [0.5, 0.6) is 0 Å². The van der Waals surface area contributed by atoms with Crippen LogP contribution in [0, 0.1) is 11.8 Å². The Bertz CT molecular complexity index is 1360. The van der Waals surface area contributed by atoms with E-state index in [9.17, 15) is 24.3 Å². The van der Waals surface area contributed by atoms with E-state index in [2.05, 4.69) is 10.6 Å². The molecule has 0 aliphatic heterocycles. The van der Waals surface area contributed by atoms with Crippen LogP contribution >= 0.6 is 0 Å². The second-order valence-electron chi connectivity index (χ2n) is 14.0. The Labute approximate surface area is 321 Å². The van der Waals surface area contributed by atoms with E-state index in [-0.39, 0.29) is 48.5 Å². The number of carbonyl (C=O) groups is 4. The van der Waals surface area contributed by atoms with Crippen LogP contribution in [0.3, 0.4) is 0 Å². The van der Waals surface area contributed by atoms with Crippen molar-refractivity contribution in [3.05, 3.63) is 58.5 Å². The summed E-state index contributed by atoms with van der Waals surface area (Å²) >= 11 is 0. The van der Waals surface area contributed by atoms with Gasteiger partial charge in [-0.1, -0.05) is 63.8 Å². The lowest BCUT2D eigenvalue weighted by Gasteiger charge is -2.30. The fourth-order valence-electron chi connectivity index (χ4n) is 6.22. The van der Waals surface area contributed by atoms with Crippen molar-refractivity contribution in [3.8, 4) is 0 Å². The first-order chi connectivity index (χ1) is 25.7. The fourth-order valence-corrected chi connectivity index (χ4v) is 6.22. The highest BCUT2D eigenvalue weighted by Crippen LogP contribution is 2.28. The molecule has 0 spiro atoms. The van der Waals surface area contributed by atoms with Gasteiger partial charge in [-0.25, -0.2) is 4.79 Å². The number of Topliss-reactive ketones (excluding diaryl/α,β-unsaturated/α-hetero) is 1. The van der Waals surface area contributed by atoms with E-state index < -0.39 is 42.3 Å². The number of primary amides is 2. The van der Waals surface area contributed by atoms with Gasteiger partial charge in [-0.15, -0.1) is 0 Å². The first-order valence-corrected chi connectivity index (χ1v) is 19.0. The number of unbranched alkanes of at least 4 members (excludes halogenated alkanes) is 6. The molecule has 0 saturated carbocycles. The molecular formula is C40H66N4O10. The molecule has 14 nitrogen and oxygen atoms in total. The van der Waals surface area contributed by atoms with Gasteiger partial charge in [0.25, 0.3) is 0 Å². The number of allylic oxidation sites excluding steroid dienone is 4. The first-order valence-electron chi connectivity index (χ1n) is 19.0. The predicted molar refractivity (Wildman–Crippen MR) is 208 cm³/mol. The molecule has 14 heteroatoms. The molecule has 0 aromatic rings. The summed E-state index contributed by atoms with van der Waals surface area (Å²) < 4.78 is 16.7. The topological polar surface area (TPSA) is 233 Å². The molecule has 0 aromatic carbocycles. The number of hydrogen-bond acceptors (Lipinski definition) is 12. The van der Waals surface area contributed by atoms with Crippen LogP contribution in [0.1, 0.15) is 91.9 Å². The normalized spacial score (nSPS) is 17.5. The van der Waals surface area contributed by atoms with Gasteiger partial charge >= 0.3 is 6.09 Å². The standard InChI is InChI=1S/C40H66N4O10/c1-26(22-30-35(44-19-12-8-10-14-21-46)32(47)25-31(37(30)49)43-18-11-7-9-13-20-45)23-34(53-6)36(48)28(3)24-29(4)38(54-40(42)51)33(52-5)17-15-16-27(2)39(41)50/h15-17,24-26,28,33-34,36,38,43-46,48H,7-14,18-23H2,1-6H3,(H2,41,50)(H2,42,51)/b17-15+,27-16-,29-24+/t26-,28+,33+,34+,36-,38+/m1/s1. The molecule has 0 aromatic heterocycles. The highest BCUT2D eigenvalue weighted by molar-refractivity contribution is 6.22. The number of aliphatic hydroxyl groups excluding tert-OH is 3. The molecule has 306 valence electrons. The Morgan fingerprint density at radius 2 is 1.48 bits per heavy atom. The van der Waals surface area contributed by atoms with Gasteiger partial charge in [-0.3, -0.25) is 14.4 Å². The summed E-state index contributed by atoms with van der Waals surface area (Å²) in [4.78, 5) is 50.4. The smallest absolute Gasteiger partial charge is 0.405 e. The number of aliphatic hydroxyl groups is 3. The van der Waals surface area contributed by atoms with E-state index in [1.165, 1.54) is 26.4 Å². The number of nitrogens with one attached hydrogen (secondary N) is 2. The zero-order chi connectivity index (χ0) is 40.6. The molecule has 0 bridgehead atoms. The van der Waals surface area contributed by atoms with E-state index in [0.717, 1.165) is 44.9 Å². The van der Waals surface area contributed by atoms with Crippen LogP contribution < -0.4 is 22.1 Å². The molecule has 9 N–H and O–H groups in total. The summed E-state index contributed by atoms with van der Waals surface area (Å²) in [5, 5.41) is 35.9. The van der Waals surface area contributed by atoms with Gasteiger partial charge in [-0.05, 0) is 63.9 Å². The first kappa shape index (κ1) is 48.2. The molecule has 0 unspecified atom stereocenters. The molecule has 1 aliphatic rings. The van der Waals surface area contributed by atoms with Crippen molar-refractivity contribution in [1.29, 1.82) is 0 Å². The van der Waals surface area contributed by atoms with Gasteiger partial charge < -0.3 is 51.6 Å². The van der Waals surface area contributed by atoms with Crippen LogP contribution in [-0.2, 0) is 28.6 Å². The van der Waals surface area contributed by atoms with Gasteiger partial charge in [0.05, 0.1) is 23.6 Å². The molecular weight excluding hydrogens is 696 g/mol. The number of rotatable bonds is 29. The largest absolute Gasteiger partial charge is 0.439 e. The average Bonchev–Trinajstić information content (AvgIpc) is 3.13. The minimum Gasteiger partial charge on any atom is -0.439 e. The van der Waals surface area contributed by atoms with E-state index in [1.54, 1.807) is 39.0 Å². The molecule has 0 heterocycles. The maximum atomic E-state index is 13.8. The zero-order valence-corrected chi connectivity index (χ0v) is 33.1. The molecule has 0 fully saturated rings. The van der Waals surface area contributed by atoms with Gasteiger partial charge in [-0.2, -0.15) is 0 Å². The second kappa shape index (κ2) is 26.9. The van der Waals surface area contributed by atoms with Crippen LogP contribution in [0.15, 0.2) is 58.5 Å². The van der Waals surface area contributed by atoms with E-state index in [4.69, 9.17) is 35.9 Å². The van der Waals surface area contributed by atoms with Crippen molar-refractivity contribution >= 4 is 23.6 Å². The zero-order valence-electron chi connectivity index (χ0n) is 33.1. The van der Waals surface area contributed by atoms with Crippen molar-refractivity contribution in [1.82, 2.24) is 10.6 Å². The second-order valence-corrected chi connectivity index (χ2v) is 14.0. The van der Waals surface area contributed by atoms with E-state index in [0.29, 0.717) is 42.7 Å². The Morgan fingerprint density at radius 3 is 2.02 bits per heavy atom. The predicted octanol–water partition coefficient (Wildman–Crippen LogP) is 3.40. The van der Waals surface area contributed by atoms with Crippen LogP contribution in [0.2, 0.25) is 0 Å². The number of hydrogen-bond donors (Lipinski definition) is 7. The third-order valence-electron chi connectivity index (χ3n) is 9.36. The Hall–Kier alpha value is -3.82. The lowest BCUT2D eigenvalue weighted by Crippen LogP contribution is -2.37. The summed E-state index contributed by atoms with van der Waals surface area (Å²) in [5.41, 5.74) is 12.5. The number of methoxy groups -OCH3 is 2. The third kappa shape index (κ3) is 17.5. The minimum atomic E-state index is -1.02. The van der Waals surface area contributed by atoms with Crippen molar-refractivity contribution in [2.24, 2.45) is 23.3 Å². The Morgan fingerprint density at radius 1 is 0.889 bits per heavy atom. The highest BCUT2D eigenvalue weighted by Gasteiger charge is 2.32. The SMILES string of the molecule is CO[C@@H](/C=C/C=C(/C)C(N)=O)[C@@H](OC(N)=O)/C(C)=C/[C@H](C)[C@@H](O)[C@H](C[C@H](C)CC1=C(NCCCCCCO)C(=O)C=C(NCCCCCCO)C1=O)OC. The van der Waals surface area contributed by atoms with E-state index in [1.807, 2.05) is 6.92 Å². The molecule has 0 radical (unpaired) electrons. The molecule has 1 aliphatic carbocycles. The Balaban J connectivity index is 3.19. The summed E-state index contributed by atoms with van der Waals surface area (Å²) in [7, 11) is 2.93. The van der Waals surface area contributed by atoms with Crippen LogP contribution in [0.25, 0.3) is 0 Å². The quantitative estimate of drug-likeness (QED) is 0.0191.